The highest BCUT2D eigenvalue weighted by Crippen LogP contribution is 2.20. The van der Waals surface area contributed by atoms with Gasteiger partial charge >= 0.3 is 0 Å². The summed E-state index contributed by atoms with van der Waals surface area (Å²) in [6.07, 6.45) is 1.44. The van der Waals surface area contributed by atoms with Gasteiger partial charge in [0.05, 0.1) is 19.2 Å². The van der Waals surface area contributed by atoms with Gasteiger partial charge in [0.25, 0.3) is 0 Å². The molecule has 0 aromatic carbocycles. The molecule has 96 valence electrons. The number of ether oxygens (including phenoxy) is 1. The van der Waals surface area contributed by atoms with Gasteiger partial charge in [0, 0.05) is 12.6 Å². The maximum Gasteiger partial charge on any atom is 0.118 e. The van der Waals surface area contributed by atoms with Crippen LogP contribution in [0.4, 0.5) is 0 Å². The van der Waals surface area contributed by atoms with Crippen LogP contribution in [0.5, 0.6) is 0 Å². The van der Waals surface area contributed by atoms with Gasteiger partial charge in [0.2, 0.25) is 0 Å². The average molecular weight is 238 g/mol. The van der Waals surface area contributed by atoms with E-state index < -0.39 is 0 Å². The van der Waals surface area contributed by atoms with E-state index in [0.29, 0.717) is 12.1 Å². The zero-order chi connectivity index (χ0) is 12.3. The number of hydrogen-bond acceptors (Lipinski definition) is 4. The Hall–Kier alpha value is -0.840. The first-order valence-corrected chi connectivity index (χ1v) is 6.24. The molecule has 1 aliphatic rings. The highest BCUT2D eigenvalue weighted by molar-refractivity contribution is 5.07. The summed E-state index contributed by atoms with van der Waals surface area (Å²) in [7, 11) is 4.06. The van der Waals surface area contributed by atoms with E-state index in [1.165, 1.54) is 0 Å². The van der Waals surface area contributed by atoms with Crippen LogP contribution < -0.4 is 5.32 Å². The van der Waals surface area contributed by atoms with Gasteiger partial charge < -0.3 is 14.5 Å². The molecule has 1 aliphatic heterocycles. The summed E-state index contributed by atoms with van der Waals surface area (Å²) in [6.45, 7) is 4.65. The molecule has 2 heterocycles. The number of nitrogens with one attached hydrogen (secondary N) is 1. The summed E-state index contributed by atoms with van der Waals surface area (Å²) >= 11 is 0. The second kappa shape index (κ2) is 5.67. The smallest absolute Gasteiger partial charge is 0.118 e. The number of rotatable bonds is 5. The molecule has 17 heavy (non-hydrogen) atoms. The van der Waals surface area contributed by atoms with Crippen molar-refractivity contribution in [2.45, 2.75) is 38.6 Å². The van der Waals surface area contributed by atoms with Crippen molar-refractivity contribution in [1.82, 2.24) is 10.2 Å². The van der Waals surface area contributed by atoms with Crippen molar-refractivity contribution in [1.29, 1.82) is 0 Å². The molecular weight excluding hydrogens is 216 g/mol. The lowest BCUT2D eigenvalue weighted by molar-refractivity contribution is 0.0790. The Labute approximate surface area is 103 Å². The predicted molar refractivity (Wildman–Crippen MR) is 66.8 cm³/mol. The van der Waals surface area contributed by atoms with Crippen LogP contribution in [0.2, 0.25) is 0 Å². The molecule has 1 N–H and O–H groups in total. The Bertz CT molecular complexity index is 351. The van der Waals surface area contributed by atoms with Crippen LogP contribution in [0.25, 0.3) is 0 Å². The molecule has 2 atom stereocenters. The molecule has 0 aliphatic carbocycles. The third kappa shape index (κ3) is 3.09. The van der Waals surface area contributed by atoms with Gasteiger partial charge in [-0.3, -0.25) is 4.90 Å². The van der Waals surface area contributed by atoms with Crippen LogP contribution in [0.3, 0.4) is 0 Å². The summed E-state index contributed by atoms with van der Waals surface area (Å²) in [5, 5.41) is 3.09. The molecule has 2 rings (SSSR count). The largest absolute Gasteiger partial charge is 0.463 e. The quantitative estimate of drug-likeness (QED) is 0.845. The summed E-state index contributed by atoms with van der Waals surface area (Å²) in [6, 6.07) is 4.60. The lowest BCUT2D eigenvalue weighted by Gasteiger charge is -2.25. The number of nitrogens with zero attached hydrogens (tertiary/aromatic N) is 1. The van der Waals surface area contributed by atoms with Crippen molar-refractivity contribution in [2.75, 3.05) is 20.7 Å². The minimum Gasteiger partial charge on any atom is -0.463 e. The lowest BCUT2D eigenvalue weighted by atomic mass is 10.1. The number of hydrogen-bond donors (Lipinski definition) is 1. The van der Waals surface area contributed by atoms with Crippen molar-refractivity contribution in [3.8, 4) is 0 Å². The zero-order valence-electron chi connectivity index (χ0n) is 10.9. The van der Waals surface area contributed by atoms with Crippen LogP contribution >= 0.6 is 0 Å². The SMILES string of the molecule is CNCc1ccc(CN(C)C2CCOC2C)o1. The Morgan fingerprint density at radius 1 is 1.41 bits per heavy atom. The molecule has 1 aromatic heterocycles. The van der Waals surface area contributed by atoms with E-state index in [0.717, 1.165) is 37.6 Å². The second-order valence-corrected chi connectivity index (χ2v) is 4.75. The van der Waals surface area contributed by atoms with E-state index in [1.807, 2.05) is 13.1 Å². The fourth-order valence-corrected chi connectivity index (χ4v) is 2.44. The first kappa shape index (κ1) is 12.6. The first-order chi connectivity index (χ1) is 8.20. The molecule has 0 bridgehead atoms. The second-order valence-electron chi connectivity index (χ2n) is 4.75. The summed E-state index contributed by atoms with van der Waals surface area (Å²) < 4.78 is 11.3. The van der Waals surface area contributed by atoms with Crippen molar-refractivity contribution >= 4 is 0 Å². The van der Waals surface area contributed by atoms with Gasteiger partial charge in [-0.05, 0) is 39.6 Å². The Morgan fingerprint density at radius 3 is 2.82 bits per heavy atom. The molecule has 0 radical (unpaired) electrons. The zero-order valence-corrected chi connectivity index (χ0v) is 10.9. The minimum atomic E-state index is 0.326. The summed E-state index contributed by atoms with van der Waals surface area (Å²) in [5.41, 5.74) is 0. The maximum absolute atomic E-state index is 5.74. The fraction of sp³-hybridized carbons (Fsp3) is 0.692. The third-order valence-corrected chi connectivity index (χ3v) is 3.38. The summed E-state index contributed by atoms with van der Waals surface area (Å²) in [5.74, 6) is 2.02. The molecule has 2 unspecified atom stereocenters. The maximum atomic E-state index is 5.74. The van der Waals surface area contributed by atoms with Crippen LogP contribution in [0.1, 0.15) is 24.9 Å². The molecule has 1 saturated heterocycles. The monoisotopic (exact) mass is 238 g/mol. The van der Waals surface area contributed by atoms with E-state index in [-0.39, 0.29) is 0 Å². The van der Waals surface area contributed by atoms with E-state index in [2.05, 4.69) is 30.3 Å². The number of furan rings is 1. The Balaban J connectivity index is 1.90. The van der Waals surface area contributed by atoms with Crippen LogP contribution in [0, 0.1) is 0 Å². The van der Waals surface area contributed by atoms with Crippen LogP contribution in [0.15, 0.2) is 16.5 Å². The van der Waals surface area contributed by atoms with Gasteiger partial charge in [0.1, 0.15) is 11.5 Å². The fourth-order valence-electron chi connectivity index (χ4n) is 2.44. The molecule has 4 nitrogen and oxygen atoms in total. The van der Waals surface area contributed by atoms with E-state index in [4.69, 9.17) is 9.15 Å². The Morgan fingerprint density at radius 2 is 2.18 bits per heavy atom. The van der Waals surface area contributed by atoms with E-state index in [1.54, 1.807) is 0 Å². The normalized spacial score (nSPS) is 24.7. The van der Waals surface area contributed by atoms with Crippen molar-refractivity contribution in [3.05, 3.63) is 23.7 Å². The predicted octanol–water partition coefficient (Wildman–Crippen LogP) is 1.61. The van der Waals surface area contributed by atoms with Crippen LogP contribution in [-0.4, -0.2) is 37.7 Å². The minimum absolute atomic E-state index is 0.326. The highest BCUT2D eigenvalue weighted by Gasteiger charge is 2.28. The molecule has 1 fully saturated rings. The molecule has 4 heteroatoms. The topological polar surface area (TPSA) is 37.6 Å². The highest BCUT2D eigenvalue weighted by atomic mass is 16.5. The van der Waals surface area contributed by atoms with E-state index in [9.17, 15) is 0 Å². The molecule has 0 amide bonds. The van der Waals surface area contributed by atoms with Gasteiger partial charge in [0.15, 0.2) is 0 Å². The summed E-state index contributed by atoms with van der Waals surface area (Å²) in [4.78, 5) is 2.32. The van der Waals surface area contributed by atoms with Crippen molar-refractivity contribution < 1.29 is 9.15 Å². The van der Waals surface area contributed by atoms with E-state index >= 15 is 0 Å². The van der Waals surface area contributed by atoms with Gasteiger partial charge in [-0.2, -0.15) is 0 Å². The number of likely N-dealkylation sites (N-methyl/N-ethyl adjacent to an activating group) is 1. The third-order valence-electron chi connectivity index (χ3n) is 3.38. The lowest BCUT2D eigenvalue weighted by Crippen LogP contribution is -2.36. The van der Waals surface area contributed by atoms with Crippen molar-refractivity contribution in [2.24, 2.45) is 0 Å². The molecular formula is C13H22N2O2. The van der Waals surface area contributed by atoms with Gasteiger partial charge in [-0.15, -0.1) is 0 Å². The van der Waals surface area contributed by atoms with Gasteiger partial charge in [-0.25, -0.2) is 0 Å². The van der Waals surface area contributed by atoms with Crippen LogP contribution in [-0.2, 0) is 17.8 Å². The van der Waals surface area contributed by atoms with Gasteiger partial charge in [-0.1, -0.05) is 0 Å². The Kier molecular flexibility index (Phi) is 4.20. The molecule has 0 saturated carbocycles. The standard InChI is InChI=1S/C13H22N2O2/c1-10-13(6-7-16-10)15(3)9-12-5-4-11(17-12)8-14-2/h4-5,10,13-14H,6-9H2,1-3H3. The molecule has 0 spiro atoms. The molecule has 1 aromatic rings. The van der Waals surface area contributed by atoms with Crippen molar-refractivity contribution in [3.63, 3.8) is 0 Å². The first-order valence-electron chi connectivity index (χ1n) is 6.24. The average Bonchev–Trinajstić information content (AvgIpc) is 2.88.